The highest BCUT2D eigenvalue weighted by atomic mass is 16.5. The zero-order chi connectivity index (χ0) is 14.9. The molecule has 7 nitrogen and oxygen atoms in total. The van der Waals surface area contributed by atoms with Gasteiger partial charge in [0.2, 0.25) is 0 Å². The molecule has 3 rings (SSSR count). The van der Waals surface area contributed by atoms with Crippen LogP contribution < -0.4 is 5.32 Å². The van der Waals surface area contributed by atoms with Crippen molar-refractivity contribution in [2.45, 2.75) is 44.1 Å². The molecule has 0 radical (unpaired) electrons. The van der Waals surface area contributed by atoms with Gasteiger partial charge in [0, 0.05) is 25.0 Å². The average molecular weight is 294 g/mol. The first kappa shape index (κ1) is 14.1. The summed E-state index contributed by atoms with van der Waals surface area (Å²) in [5, 5.41) is 15.8. The van der Waals surface area contributed by atoms with E-state index in [1.165, 1.54) is 0 Å². The second-order valence-corrected chi connectivity index (χ2v) is 5.64. The van der Waals surface area contributed by atoms with Crippen LogP contribution in [0.1, 0.15) is 47.5 Å². The molecule has 1 fully saturated rings. The van der Waals surface area contributed by atoms with Crippen LogP contribution in [-0.4, -0.2) is 40.9 Å². The molecule has 1 saturated heterocycles. The van der Waals surface area contributed by atoms with Crippen LogP contribution in [0.25, 0.3) is 0 Å². The van der Waals surface area contributed by atoms with E-state index in [0.717, 1.165) is 43.4 Å². The van der Waals surface area contributed by atoms with Crippen molar-refractivity contribution in [3.8, 4) is 0 Å². The predicted molar refractivity (Wildman–Crippen MR) is 71.0 cm³/mol. The van der Waals surface area contributed by atoms with Crippen molar-refractivity contribution in [2.75, 3.05) is 13.2 Å². The Morgan fingerprint density at radius 1 is 1.24 bits per heavy atom. The minimum Gasteiger partial charge on any atom is -0.479 e. The summed E-state index contributed by atoms with van der Waals surface area (Å²) >= 11 is 0. The van der Waals surface area contributed by atoms with E-state index in [2.05, 4.69) is 10.5 Å². The Morgan fingerprint density at radius 2 is 2.05 bits per heavy atom. The van der Waals surface area contributed by atoms with Crippen LogP contribution in [0.15, 0.2) is 4.52 Å². The van der Waals surface area contributed by atoms with E-state index in [9.17, 15) is 14.7 Å². The fourth-order valence-corrected chi connectivity index (χ4v) is 2.90. The molecule has 2 N–H and O–H groups in total. The number of nitrogens with one attached hydrogen (secondary N) is 1. The van der Waals surface area contributed by atoms with Gasteiger partial charge in [0.05, 0.1) is 6.61 Å². The number of ether oxygens (including phenoxy) is 1. The largest absolute Gasteiger partial charge is 0.479 e. The number of nitrogens with zero attached hydrogens (tertiary/aromatic N) is 1. The van der Waals surface area contributed by atoms with Gasteiger partial charge >= 0.3 is 5.97 Å². The van der Waals surface area contributed by atoms with Crippen molar-refractivity contribution in [1.29, 1.82) is 0 Å². The van der Waals surface area contributed by atoms with Crippen LogP contribution in [0.5, 0.6) is 0 Å². The van der Waals surface area contributed by atoms with Gasteiger partial charge in [-0.05, 0) is 19.3 Å². The maximum atomic E-state index is 12.4. The van der Waals surface area contributed by atoms with Crippen molar-refractivity contribution in [3.63, 3.8) is 0 Å². The Morgan fingerprint density at radius 3 is 2.76 bits per heavy atom. The molecule has 1 aromatic heterocycles. The lowest BCUT2D eigenvalue weighted by atomic mass is 9.98. The minimum atomic E-state index is -1.35. The Bertz CT molecular complexity index is 560. The summed E-state index contributed by atoms with van der Waals surface area (Å²) in [5.74, 6) is -0.817. The van der Waals surface area contributed by atoms with Gasteiger partial charge in [-0.1, -0.05) is 11.6 Å². The Balaban J connectivity index is 1.82. The number of aliphatic carboxylic acids is 1. The number of carbonyl (C=O) groups is 2. The summed E-state index contributed by atoms with van der Waals surface area (Å²) in [6.07, 6.45) is 4.89. The lowest BCUT2D eigenvalue weighted by Gasteiger charge is -2.23. The SMILES string of the molecule is O=C(NC1(C(=O)O)CCOC1)c1noc2c1CCCCC2. The number of fused-ring (bicyclic) bond motifs is 1. The number of carbonyl (C=O) groups excluding carboxylic acids is 1. The van der Waals surface area contributed by atoms with E-state index in [1.807, 2.05) is 0 Å². The predicted octanol–water partition coefficient (Wildman–Crippen LogP) is 0.917. The van der Waals surface area contributed by atoms with Crippen molar-refractivity contribution >= 4 is 11.9 Å². The molecule has 1 amide bonds. The number of amides is 1. The molecular weight excluding hydrogens is 276 g/mol. The van der Waals surface area contributed by atoms with Gasteiger partial charge in [-0.25, -0.2) is 4.79 Å². The summed E-state index contributed by atoms with van der Waals surface area (Å²) in [7, 11) is 0. The van der Waals surface area contributed by atoms with Crippen molar-refractivity contribution < 1.29 is 24.0 Å². The minimum absolute atomic E-state index is 0.0197. The molecule has 1 aliphatic heterocycles. The molecule has 2 heterocycles. The summed E-state index contributed by atoms with van der Waals surface area (Å²) in [5.41, 5.74) is -0.308. The monoisotopic (exact) mass is 294 g/mol. The summed E-state index contributed by atoms with van der Waals surface area (Å²) in [6, 6.07) is 0. The molecule has 0 aromatic carbocycles. The van der Waals surface area contributed by atoms with Crippen LogP contribution >= 0.6 is 0 Å². The smallest absolute Gasteiger partial charge is 0.331 e. The van der Waals surface area contributed by atoms with Crippen molar-refractivity contribution in [1.82, 2.24) is 10.5 Å². The maximum absolute atomic E-state index is 12.4. The van der Waals surface area contributed by atoms with Gasteiger partial charge in [0.25, 0.3) is 5.91 Å². The van der Waals surface area contributed by atoms with Crippen LogP contribution in [-0.2, 0) is 22.4 Å². The average Bonchev–Trinajstić information content (AvgIpc) is 3.02. The van der Waals surface area contributed by atoms with Gasteiger partial charge in [-0.15, -0.1) is 0 Å². The molecule has 1 aliphatic carbocycles. The van der Waals surface area contributed by atoms with Gasteiger partial charge < -0.3 is 19.7 Å². The number of hydrogen-bond acceptors (Lipinski definition) is 5. The Labute approximate surface area is 121 Å². The number of carboxylic acid groups (broad SMARTS) is 1. The summed E-state index contributed by atoms with van der Waals surface area (Å²) in [6.45, 7) is 0.303. The molecule has 7 heteroatoms. The summed E-state index contributed by atoms with van der Waals surface area (Å²) < 4.78 is 10.4. The zero-order valence-corrected chi connectivity index (χ0v) is 11.7. The van der Waals surface area contributed by atoms with Crippen molar-refractivity contribution in [3.05, 3.63) is 17.0 Å². The van der Waals surface area contributed by atoms with Crippen LogP contribution in [0.3, 0.4) is 0 Å². The number of aromatic nitrogens is 1. The van der Waals surface area contributed by atoms with Crippen LogP contribution in [0, 0.1) is 0 Å². The number of aryl methyl sites for hydroxylation is 1. The highest BCUT2D eigenvalue weighted by Gasteiger charge is 2.44. The molecule has 1 aromatic rings. The first-order valence-corrected chi connectivity index (χ1v) is 7.23. The van der Waals surface area contributed by atoms with Gasteiger partial charge in [-0.3, -0.25) is 4.79 Å². The lowest BCUT2D eigenvalue weighted by Crippen LogP contribution is -2.55. The first-order valence-electron chi connectivity index (χ1n) is 7.23. The molecule has 21 heavy (non-hydrogen) atoms. The quantitative estimate of drug-likeness (QED) is 0.804. The number of carboxylic acids is 1. The standard InChI is InChI=1S/C14H18N2O5/c17-12(15-14(13(18)19)6-7-20-8-14)11-9-4-2-1-3-5-10(9)21-16-11/h1-8H2,(H,15,17)(H,18,19). The second-order valence-electron chi connectivity index (χ2n) is 5.64. The molecule has 1 atom stereocenters. The van der Waals surface area contributed by atoms with E-state index >= 15 is 0 Å². The molecule has 1 unspecified atom stereocenters. The Kier molecular flexibility index (Phi) is 3.67. The van der Waals surface area contributed by atoms with Crippen LogP contribution in [0.2, 0.25) is 0 Å². The van der Waals surface area contributed by atoms with Crippen LogP contribution in [0.4, 0.5) is 0 Å². The lowest BCUT2D eigenvalue weighted by molar-refractivity contribution is -0.144. The molecular formula is C14H18N2O5. The third-order valence-corrected chi connectivity index (χ3v) is 4.20. The van der Waals surface area contributed by atoms with Gasteiger partial charge in [-0.2, -0.15) is 0 Å². The first-order chi connectivity index (χ1) is 10.1. The molecule has 0 spiro atoms. The number of hydrogen-bond donors (Lipinski definition) is 2. The highest BCUT2D eigenvalue weighted by molar-refractivity contribution is 5.97. The molecule has 0 saturated carbocycles. The van der Waals surface area contributed by atoms with E-state index in [1.54, 1.807) is 0 Å². The van der Waals surface area contributed by atoms with Gasteiger partial charge in [0.15, 0.2) is 11.2 Å². The molecule has 0 bridgehead atoms. The molecule has 114 valence electrons. The van der Waals surface area contributed by atoms with E-state index in [4.69, 9.17) is 9.26 Å². The number of rotatable bonds is 3. The van der Waals surface area contributed by atoms with Crippen molar-refractivity contribution in [2.24, 2.45) is 0 Å². The molecule has 2 aliphatic rings. The maximum Gasteiger partial charge on any atom is 0.331 e. The van der Waals surface area contributed by atoms with E-state index in [0.29, 0.717) is 6.61 Å². The van der Waals surface area contributed by atoms with E-state index in [-0.39, 0.29) is 18.7 Å². The third-order valence-electron chi connectivity index (χ3n) is 4.20. The Hall–Kier alpha value is -1.89. The zero-order valence-electron chi connectivity index (χ0n) is 11.7. The summed E-state index contributed by atoms with van der Waals surface area (Å²) in [4.78, 5) is 23.8. The fraction of sp³-hybridized carbons (Fsp3) is 0.643. The second kappa shape index (κ2) is 5.48. The normalized spacial score (nSPS) is 25.1. The van der Waals surface area contributed by atoms with Gasteiger partial charge in [0.1, 0.15) is 5.76 Å². The van der Waals surface area contributed by atoms with E-state index < -0.39 is 17.4 Å². The highest BCUT2D eigenvalue weighted by Crippen LogP contribution is 2.25. The third kappa shape index (κ3) is 2.53. The fourth-order valence-electron chi connectivity index (χ4n) is 2.90. The topological polar surface area (TPSA) is 102 Å².